The first-order valence-electron chi connectivity index (χ1n) is 5.78. The van der Waals surface area contributed by atoms with E-state index in [1.807, 2.05) is 19.3 Å². The van der Waals surface area contributed by atoms with E-state index in [2.05, 4.69) is 16.0 Å². The Morgan fingerprint density at radius 1 is 1.50 bits per heavy atom. The number of nitrogens with zero attached hydrogens (tertiary/aromatic N) is 2. The lowest BCUT2D eigenvalue weighted by molar-refractivity contribution is 0.122. The Bertz CT molecular complexity index is 335. The van der Waals surface area contributed by atoms with Crippen molar-refractivity contribution in [2.75, 3.05) is 31.2 Å². The Morgan fingerprint density at radius 2 is 2.25 bits per heavy atom. The molecule has 0 bridgehead atoms. The van der Waals surface area contributed by atoms with E-state index in [9.17, 15) is 0 Å². The van der Waals surface area contributed by atoms with E-state index >= 15 is 0 Å². The van der Waals surface area contributed by atoms with E-state index in [1.165, 1.54) is 11.3 Å². The number of morpholine rings is 1. The van der Waals surface area contributed by atoms with Crippen LogP contribution in [0.3, 0.4) is 0 Å². The van der Waals surface area contributed by atoms with Crippen LogP contribution in [0.25, 0.3) is 0 Å². The van der Waals surface area contributed by atoms with Crippen LogP contribution < -0.4 is 10.6 Å². The summed E-state index contributed by atoms with van der Waals surface area (Å²) < 4.78 is 5.36. The molecule has 0 spiro atoms. The molecule has 1 unspecified atom stereocenters. The average molecular weight is 221 g/mol. The predicted molar refractivity (Wildman–Crippen MR) is 64.6 cm³/mol. The van der Waals surface area contributed by atoms with Crippen molar-refractivity contribution in [3.63, 3.8) is 0 Å². The minimum Gasteiger partial charge on any atom is -0.378 e. The number of rotatable bonds is 3. The molecular weight excluding hydrogens is 202 g/mol. The van der Waals surface area contributed by atoms with E-state index in [4.69, 9.17) is 10.5 Å². The monoisotopic (exact) mass is 221 g/mol. The third kappa shape index (κ3) is 2.71. The summed E-state index contributed by atoms with van der Waals surface area (Å²) in [4.78, 5) is 6.53. The van der Waals surface area contributed by atoms with E-state index < -0.39 is 0 Å². The lowest BCUT2D eigenvalue weighted by Crippen LogP contribution is -2.37. The van der Waals surface area contributed by atoms with Crippen LogP contribution in [0.2, 0.25) is 0 Å². The Balaban J connectivity index is 2.17. The molecule has 0 aromatic carbocycles. The Labute approximate surface area is 96.4 Å². The first-order chi connectivity index (χ1) is 7.77. The van der Waals surface area contributed by atoms with Crippen molar-refractivity contribution in [3.8, 4) is 0 Å². The van der Waals surface area contributed by atoms with Crippen LogP contribution in [-0.2, 0) is 11.2 Å². The molecule has 0 amide bonds. The number of anilines is 1. The molecule has 4 nitrogen and oxygen atoms in total. The van der Waals surface area contributed by atoms with Crippen LogP contribution in [0, 0.1) is 0 Å². The van der Waals surface area contributed by atoms with Crippen LogP contribution in [-0.4, -0.2) is 37.3 Å². The van der Waals surface area contributed by atoms with Crippen molar-refractivity contribution in [1.29, 1.82) is 0 Å². The van der Waals surface area contributed by atoms with Crippen molar-refractivity contribution in [2.45, 2.75) is 19.4 Å². The first kappa shape index (κ1) is 11.4. The molecule has 1 saturated heterocycles. The van der Waals surface area contributed by atoms with E-state index in [1.54, 1.807) is 0 Å². The highest BCUT2D eigenvalue weighted by Gasteiger charge is 2.15. The number of ether oxygens (including phenoxy) is 1. The normalized spacial score (nSPS) is 18.5. The molecule has 4 heteroatoms. The van der Waals surface area contributed by atoms with Gasteiger partial charge in [0.05, 0.1) is 13.2 Å². The molecule has 0 radical (unpaired) electrons. The van der Waals surface area contributed by atoms with E-state index in [0.29, 0.717) is 0 Å². The SMILES string of the molecule is CC(N)Cc1cnccc1N1CCOCC1. The second-order valence-electron chi connectivity index (χ2n) is 4.29. The minimum atomic E-state index is 0.170. The highest BCUT2D eigenvalue weighted by Crippen LogP contribution is 2.21. The van der Waals surface area contributed by atoms with Crippen molar-refractivity contribution >= 4 is 5.69 Å². The molecule has 16 heavy (non-hydrogen) atoms. The molecule has 2 heterocycles. The molecule has 88 valence electrons. The van der Waals surface area contributed by atoms with Crippen LogP contribution in [0.5, 0.6) is 0 Å². The maximum absolute atomic E-state index is 5.85. The maximum Gasteiger partial charge on any atom is 0.0642 e. The quantitative estimate of drug-likeness (QED) is 0.820. The molecule has 1 aliphatic rings. The number of aromatic nitrogens is 1. The lowest BCUT2D eigenvalue weighted by atomic mass is 10.1. The molecule has 1 atom stereocenters. The Hall–Kier alpha value is -1.13. The molecule has 2 rings (SSSR count). The third-order valence-corrected chi connectivity index (χ3v) is 2.77. The smallest absolute Gasteiger partial charge is 0.0642 e. The van der Waals surface area contributed by atoms with Gasteiger partial charge in [0.15, 0.2) is 0 Å². The van der Waals surface area contributed by atoms with Crippen molar-refractivity contribution in [3.05, 3.63) is 24.0 Å². The number of hydrogen-bond acceptors (Lipinski definition) is 4. The summed E-state index contributed by atoms with van der Waals surface area (Å²) in [7, 11) is 0. The second-order valence-corrected chi connectivity index (χ2v) is 4.29. The summed E-state index contributed by atoms with van der Waals surface area (Å²) in [5.74, 6) is 0. The minimum absolute atomic E-state index is 0.170. The van der Waals surface area contributed by atoms with Crippen LogP contribution in [0.1, 0.15) is 12.5 Å². The zero-order chi connectivity index (χ0) is 11.4. The third-order valence-electron chi connectivity index (χ3n) is 2.77. The van der Waals surface area contributed by atoms with Gasteiger partial charge in [-0.2, -0.15) is 0 Å². The van der Waals surface area contributed by atoms with Crippen LogP contribution in [0.4, 0.5) is 5.69 Å². The molecule has 0 saturated carbocycles. The van der Waals surface area contributed by atoms with Crippen LogP contribution >= 0.6 is 0 Å². The maximum atomic E-state index is 5.85. The van der Waals surface area contributed by atoms with Crippen molar-refractivity contribution in [2.24, 2.45) is 5.73 Å². The number of hydrogen-bond donors (Lipinski definition) is 1. The van der Waals surface area contributed by atoms with Gasteiger partial charge in [0.2, 0.25) is 0 Å². The van der Waals surface area contributed by atoms with Crippen molar-refractivity contribution in [1.82, 2.24) is 4.98 Å². The van der Waals surface area contributed by atoms with Gasteiger partial charge in [0, 0.05) is 37.2 Å². The van der Waals surface area contributed by atoms with Crippen LogP contribution in [0.15, 0.2) is 18.5 Å². The zero-order valence-corrected chi connectivity index (χ0v) is 9.72. The van der Waals surface area contributed by atoms with Gasteiger partial charge in [-0.05, 0) is 25.0 Å². The first-order valence-corrected chi connectivity index (χ1v) is 5.78. The van der Waals surface area contributed by atoms with Gasteiger partial charge in [0.1, 0.15) is 0 Å². The molecule has 2 N–H and O–H groups in total. The summed E-state index contributed by atoms with van der Waals surface area (Å²) in [5, 5.41) is 0. The summed E-state index contributed by atoms with van der Waals surface area (Å²) >= 11 is 0. The second kappa shape index (κ2) is 5.27. The molecule has 1 fully saturated rings. The summed E-state index contributed by atoms with van der Waals surface area (Å²) in [6.45, 7) is 5.54. The lowest BCUT2D eigenvalue weighted by Gasteiger charge is -2.30. The van der Waals surface area contributed by atoms with E-state index in [0.717, 1.165) is 32.7 Å². The number of pyridine rings is 1. The standard InChI is InChI=1S/C12H19N3O/c1-10(13)8-11-9-14-3-2-12(11)15-4-6-16-7-5-15/h2-3,9-10H,4-8,13H2,1H3. The molecule has 1 aromatic rings. The van der Waals surface area contributed by atoms with Gasteiger partial charge in [-0.3, -0.25) is 4.98 Å². The van der Waals surface area contributed by atoms with Gasteiger partial charge in [-0.25, -0.2) is 0 Å². The highest BCUT2D eigenvalue weighted by molar-refractivity contribution is 5.52. The molecule has 0 aliphatic carbocycles. The fourth-order valence-corrected chi connectivity index (χ4v) is 2.04. The predicted octanol–water partition coefficient (Wildman–Crippen LogP) is 0.808. The summed E-state index contributed by atoms with van der Waals surface area (Å²) in [6, 6.07) is 2.24. The van der Waals surface area contributed by atoms with E-state index in [-0.39, 0.29) is 6.04 Å². The van der Waals surface area contributed by atoms with Gasteiger partial charge in [-0.15, -0.1) is 0 Å². The van der Waals surface area contributed by atoms with Gasteiger partial charge in [0.25, 0.3) is 0 Å². The van der Waals surface area contributed by atoms with Gasteiger partial charge >= 0.3 is 0 Å². The topological polar surface area (TPSA) is 51.4 Å². The van der Waals surface area contributed by atoms with Crippen molar-refractivity contribution < 1.29 is 4.74 Å². The fraction of sp³-hybridized carbons (Fsp3) is 0.583. The Morgan fingerprint density at radius 3 is 2.94 bits per heavy atom. The summed E-state index contributed by atoms with van der Waals surface area (Å²) in [5.41, 5.74) is 8.35. The Kier molecular flexibility index (Phi) is 3.74. The summed E-state index contributed by atoms with van der Waals surface area (Å²) in [6.07, 6.45) is 4.64. The molecule has 1 aromatic heterocycles. The van der Waals surface area contributed by atoms with Gasteiger partial charge < -0.3 is 15.4 Å². The van der Waals surface area contributed by atoms with Gasteiger partial charge in [-0.1, -0.05) is 0 Å². The fourth-order valence-electron chi connectivity index (χ4n) is 2.04. The molecular formula is C12H19N3O. The zero-order valence-electron chi connectivity index (χ0n) is 9.72. The number of nitrogens with two attached hydrogens (primary N) is 1. The molecule has 1 aliphatic heterocycles. The highest BCUT2D eigenvalue weighted by atomic mass is 16.5. The average Bonchev–Trinajstić information content (AvgIpc) is 2.30. The largest absolute Gasteiger partial charge is 0.378 e.